The van der Waals surface area contributed by atoms with Gasteiger partial charge in [-0.15, -0.1) is 11.8 Å². The van der Waals surface area contributed by atoms with E-state index >= 15 is 0 Å². The summed E-state index contributed by atoms with van der Waals surface area (Å²) in [5.41, 5.74) is 2.94. The van der Waals surface area contributed by atoms with E-state index in [2.05, 4.69) is 18.2 Å². The standard InChI is InChI=1S/C16H21NO2S/c18-14-6-8-17(9-7-14)16(19)11-20-15-5-4-12-2-1-3-13(12)10-15/h4-5,10,14,18H,1-3,6-9,11H2. The van der Waals surface area contributed by atoms with Gasteiger partial charge in [-0.1, -0.05) is 6.07 Å². The van der Waals surface area contributed by atoms with Crippen molar-refractivity contribution in [2.75, 3.05) is 18.8 Å². The maximum absolute atomic E-state index is 12.1. The van der Waals surface area contributed by atoms with Gasteiger partial charge in [0.15, 0.2) is 0 Å². The van der Waals surface area contributed by atoms with E-state index in [9.17, 15) is 9.90 Å². The first kappa shape index (κ1) is 14.0. The third-order valence-corrected chi connectivity index (χ3v) is 5.23. The fraction of sp³-hybridized carbons (Fsp3) is 0.562. The molecule has 1 aromatic rings. The Labute approximate surface area is 124 Å². The Morgan fingerprint density at radius 3 is 2.80 bits per heavy atom. The summed E-state index contributed by atoms with van der Waals surface area (Å²) in [7, 11) is 0. The number of benzene rings is 1. The number of hydrogen-bond donors (Lipinski definition) is 1. The van der Waals surface area contributed by atoms with Gasteiger partial charge in [0, 0.05) is 18.0 Å². The molecule has 1 heterocycles. The number of aliphatic hydroxyl groups is 1. The number of aryl methyl sites for hydroxylation is 2. The van der Waals surface area contributed by atoms with Crippen LogP contribution in [0.25, 0.3) is 0 Å². The van der Waals surface area contributed by atoms with Crippen LogP contribution in [0.3, 0.4) is 0 Å². The van der Waals surface area contributed by atoms with E-state index in [1.54, 1.807) is 11.8 Å². The molecule has 4 heteroatoms. The highest BCUT2D eigenvalue weighted by atomic mass is 32.2. The number of nitrogens with zero attached hydrogens (tertiary/aromatic N) is 1. The molecule has 3 rings (SSSR count). The highest BCUT2D eigenvalue weighted by Gasteiger charge is 2.21. The summed E-state index contributed by atoms with van der Waals surface area (Å²) in [5.74, 6) is 0.705. The van der Waals surface area contributed by atoms with Crippen LogP contribution in [0.5, 0.6) is 0 Å². The molecular weight excluding hydrogens is 270 g/mol. The molecule has 1 aliphatic heterocycles. The number of carbonyl (C=O) groups is 1. The van der Waals surface area contributed by atoms with Crippen molar-refractivity contribution in [3.05, 3.63) is 29.3 Å². The lowest BCUT2D eigenvalue weighted by molar-refractivity contribution is -0.130. The molecule has 1 amide bonds. The molecule has 3 nitrogen and oxygen atoms in total. The van der Waals surface area contributed by atoms with Gasteiger partial charge in [-0.3, -0.25) is 4.79 Å². The van der Waals surface area contributed by atoms with Crippen molar-refractivity contribution in [3.8, 4) is 0 Å². The molecule has 0 saturated carbocycles. The Kier molecular flexibility index (Phi) is 4.32. The van der Waals surface area contributed by atoms with Crippen LogP contribution in [0.15, 0.2) is 23.1 Å². The van der Waals surface area contributed by atoms with E-state index in [4.69, 9.17) is 0 Å². The maximum atomic E-state index is 12.1. The summed E-state index contributed by atoms with van der Waals surface area (Å²) in [6, 6.07) is 6.61. The molecule has 1 saturated heterocycles. The SMILES string of the molecule is O=C(CSc1ccc2c(c1)CCC2)N1CCC(O)CC1. The molecule has 1 N–H and O–H groups in total. The smallest absolute Gasteiger partial charge is 0.232 e. The lowest BCUT2D eigenvalue weighted by Crippen LogP contribution is -2.40. The summed E-state index contributed by atoms with van der Waals surface area (Å²) < 4.78 is 0. The molecule has 0 unspecified atom stereocenters. The highest BCUT2D eigenvalue weighted by molar-refractivity contribution is 8.00. The van der Waals surface area contributed by atoms with Crippen molar-refractivity contribution in [1.82, 2.24) is 4.90 Å². The Bertz CT molecular complexity index is 495. The zero-order valence-corrected chi connectivity index (χ0v) is 12.5. The van der Waals surface area contributed by atoms with Crippen LogP contribution in [-0.4, -0.2) is 40.9 Å². The first-order chi connectivity index (χ1) is 9.72. The summed E-state index contributed by atoms with van der Waals surface area (Å²) in [5, 5.41) is 9.46. The zero-order valence-electron chi connectivity index (χ0n) is 11.7. The van der Waals surface area contributed by atoms with E-state index in [0.29, 0.717) is 18.8 Å². The molecule has 0 spiro atoms. The summed E-state index contributed by atoms with van der Waals surface area (Å²) in [4.78, 5) is 15.2. The van der Waals surface area contributed by atoms with Crippen LogP contribution in [-0.2, 0) is 17.6 Å². The van der Waals surface area contributed by atoms with Crippen LogP contribution in [0.1, 0.15) is 30.4 Å². The van der Waals surface area contributed by atoms with E-state index in [1.807, 2.05) is 4.90 Å². The third kappa shape index (κ3) is 3.18. The normalized spacial score (nSPS) is 19.1. The van der Waals surface area contributed by atoms with E-state index in [-0.39, 0.29) is 12.0 Å². The fourth-order valence-electron chi connectivity index (χ4n) is 2.99. The molecule has 1 aromatic carbocycles. The Morgan fingerprint density at radius 2 is 2.00 bits per heavy atom. The molecule has 20 heavy (non-hydrogen) atoms. The third-order valence-electron chi connectivity index (χ3n) is 4.25. The molecule has 0 aromatic heterocycles. The summed E-state index contributed by atoms with van der Waals surface area (Å²) in [6.45, 7) is 1.40. The van der Waals surface area contributed by atoms with Crippen molar-refractivity contribution in [1.29, 1.82) is 0 Å². The van der Waals surface area contributed by atoms with Gasteiger partial charge >= 0.3 is 0 Å². The predicted molar refractivity (Wildman–Crippen MR) is 81.0 cm³/mol. The number of likely N-dealkylation sites (tertiary alicyclic amines) is 1. The number of hydrogen-bond acceptors (Lipinski definition) is 3. The number of rotatable bonds is 3. The molecule has 0 atom stereocenters. The average Bonchev–Trinajstić information content (AvgIpc) is 2.93. The van der Waals surface area contributed by atoms with Crippen molar-refractivity contribution in [3.63, 3.8) is 0 Å². The quantitative estimate of drug-likeness (QED) is 0.868. The van der Waals surface area contributed by atoms with Crippen LogP contribution in [0, 0.1) is 0 Å². The number of thioether (sulfide) groups is 1. The van der Waals surface area contributed by atoms with Gasteiger partial charge in [-0.25, -0.2) is 0 Å². The monoisotopic (exact) mass is 291 g/mol. The number of aliphatic hydroxyl groups excluding tert-OH is 1. The van der Waals surface area contributed by atoms with Gasteiger partial charge in [0.1, 0.15) is 0 Å². The topological polar surface area (TPSA) is 40.5 Å². The van der Waals surface area contributed by atoms with Crippen molar-refractivity contribution in [2.24, 2.45) is 0 Å². The molecule has 1 aliphatic carbocycles. The minimum Gasteiger partial charge on any atom is -0.393 e. The fourth-order valence-corrected chi connectivity index (χ4v) is 3.85. The molecule has 2 aliphatic rings. The number of piperidine rings is 1. The molecule has 0 bridgehead atoms. The molecular formula is C16H21NO2S. The van der Waals surface area contributed by atoms with Crippen LogP contribution >= 0.6 is 11.8 Å². The summed E-state index contributed by atoms with van der Waals surface area (Å²) in [6.07, 6.45) is 4.86. The minimum atomic E-state index is -0.219. The lowest BCUT2D eigenvalue weighted by Gasteiger charge is -2.29. The van der Waals surface area contributed by atoms with Crippen molar-refractivity contribution in [2.45, 2.75) is 43.1 Å². The van der Waals surface area contributed by atoms with Gasteiger partial charge in [0.25, 0.3) is 0 Å². The Hall–Kier alpha value is -1.00. The first-order valence-corrected chi connectivity index (χ1v) is 8.41. The zero-order chi connectivity index (χ0) is 13.9. The molecule has 0 radical (unpaired) electrons. The minimum absolute atomic E-state index is 0.197. The van der Waals surface area contributed by atoms with Crippen LogP contribution in [0.2, 0.25) is 0 Å². The van der Waals surface area contributed by atoms with Gasteiger partial charge in [0.05, 0.1) is 11.9 Å². The largest absolute Gasteiger partial charge is 0.393 e. The number of carbonyl (C=O) groups excluding carboxylic acids is 1. The van der Waals surface area contributed by atoms with E-state index in [1.165, 1.54) is 35.3 Å². The van der Waals surface area contributed by atoms with Gasteiger partial charge in [0.2, 0.25) is 5.91 Å². The van der Waals surface area contributed by atoms with Gasteiger partial charge in [-0.2, -0.15) is 0 Å². The first-order valence-electron chi connectivity index (χ1n) is 7.43. The number of fused-ring (bicyclic) bond motifs is 1. The van der Waals surface area contributed by atoms with E-state index in [0.717, 1.165) is 12.8 Å². The summed E-state index contributed by atoms with van der Waals surface area (Å²) >= 11 is 1.64. The Morgan fingerprint density at radius 1 is 1.25 bits per heavy atom. The molecule has 1 fully saturated rings. The number of amides is 1. The van der Waals surface area contributed by atoms with Crippen LogP contribution < -0.4 is 0 Å². The Balaban J connectivity index is 1.53. The maximum Gasteiger partial charge on any atom is 0.232 e. The van der Waals surface area contributed by atoms with Crippen molar-refractivity contribution >= 4 is 17.7 Å². The lowest BCUT2D eigenvalue weighted by atomic mass is 10.1. The highest BCUT2D eigenvalue weighted by Crippen LogP contribution is 2.27. The predicted octanol–water partition coefficient (Wildman–Crippen LogP) is 2.25. The second kappa shape index (κ2) is 6.19. The second-order valence-corrected chi connectivity index (χ2v) is 6.73. The van der Waals surface area contributed by atoms with Crippen LogP contribution in [0.4, 0.5) is 0 Å². The average molecular weight is 291 g/mol. The second-order valence-electron chi connectivity index (χ2n) is 5.68. The van der Waals surface area contributed by atoms with Crippen molar-refractivity contribution < 1.29 is 9.90 Å². The van der Waals surface area contributed by atoms with E-state index < -0.39 is 0 Å². The molecule has 108 valence electrons. The van der Waals surface area contributed by atoms with Gasteiger partial charge in [-0.05, 0) is 55.4 Å². The van der Waals surface area contributed by atoms with Gasteiger partial charge < -0.3 is 10.0 Å².